The van der Waals surface area contributed by atoms with Crippen LogP contribution in [0.25, 0.3) is 22.0 Å². The number of aryl methyl sites for hydroxylation is 1. The van der Waals surface area contributed by atoms with Crippen molar-refractivity contribution in [2.75, 3.05) is 24.6 Å². The average Bonchev–Trinajstić information content (AvgIpc) is 3.46. The van der Waals surface area contributed by atoms with Crippen molar-refractivity contribution in [1.82, 2.24) is 20.0 Å². The van der Waals surface area contributed by atoms with Gasteiger partial charge in [0.1, 0.15) is 17.3 Å². The number of anilines is 2. The van der Waals surface area contributed by atoms with Crippen molar-refractivity contribution >= 4 is 40.5 Å². The topological polar surface area (TPSA) is 147 Å². The van der Waals surface area contributed by atoms with Gasteiger partial charge in [-0.25, -0.2) is 19.7 Å². The van der Waals surface area contributed by atoms with Gasteiger partial charge < -0.3 is 16.2 Å². The lowest BCUT2D eigenvalue weighted by molar-refractivity contribution is -0.117. The van der Waals surface area contributed by atoms with Crippen LogP contribution < -0.4 is 11.1 Å². The molecule has 3 aromatic rings. The van der Waals surface area contributed by atoms with Crippen molar-refractivity contribution in [3.63, 3.8) is 0 Å². The van der Waals surface area contributed by atoms with E-state index in [-0.39, 0.29) is 17.5 Å². The number of aromatic carboxylic acids is 1. The zero-order valence-electron chi connectivity index (χ0n) is 18.2. The molecule has 4 N–H and O–H groups in total. The second-order valence-electron chi connectivity index (χ2n) is 8.64. The second-order valence-corrected chi connectivity index (χ2v) is 8.64. The van der Waals surface area contributed by atoms with Gasteiger partial charge in [-0.05, 0) is 48.4 Å². The molecule has 0 bridgehead atoms. The third-order valence-electron chi connectivity index (χ3n) is 6.26. The van der Waals surface area contributed by atoms with E-state index in [4.69, 9.17) is 10.8 Å². The molecular weight excluding hydrogens is 422 g/mol. The van der Waals surface area contributed by atoms with E-state index in [0.717, 1.165) is 23.9 Å². The molecule has 1 amide bonds. The minimum atomic E-state index is -1.09. The lowest BCUT2D eigenvalue weighted by Crippen LogP contribution is -2.20. The highest BCUT2D eigenvalue weighted by molar-refractivity contribution is 5.98. The molecule has 33 heavy (non-hydrogen) atoms. The number of aromatic nitrogens is 3. The number of carbonyl (C=O) groups excluding carboxylic acids is 1. The number of nitrogens with two attached hydrogens (primary N) is 1. The number of nitrogens with one attached hydrogen (secondary N) is 1. The van der Waals surface area contributed by atoms with Gasteiger partial charge in [0.05, 0.1) is 5.69 Å². The number of hydrazone groups is 1. The van der Waals surface area contributed by atoms with Gasteiger partial charge in [-0.15, -0.1) is 0 Å². The number of amides is 1. The van der Waals surface area contributed by atoms with Gasteiger partial charge in [0.25, 0.3) is 0 Å². The minimum Gasteiger partial charge on any atom is -0.477 e. The van der Waals surface area contributed by atoms with E-state index in [1.165, 1.54) is 12.3 Å². The van der Waals surface area contributed by atoms with E-state index in [1.807, 2.05) is 24.3 Å². The van der Waals surface area contributed by atoms with E-state index in [2.05, 4.69) is 25.4 Å². The van der Waals surface area contributed by atoms with Crippen LogP contribution in [-0.4, -0.2) is 56.8 Å². The number of rotatable bonds is 5. The number of pyridine rings is 3. The summed E-state index contributed by atoms with van der Waals surface area (Å²) in [7, 11) is 1.93. The van der Waals surface area contributed by atoms with Crippen LogP contribution in [0.1, 0.15) is 22.5 Å². The van der Waals surface area contributed by atoms with Gasteiger partial charge in [0, 0.05) is 55.0 Å². The summed E-state index contributed by atoms with van der Waals surface area (Å²) in [6.45, 7) is 2.64. The first kappa shape index (κ1) is 20.8. The van der Waals surface area contributed by atoms with Crippen LogP contribution in [0.3, 0.4) is 0 Å². The summed E-state index contributed by atoms with van der Waals surface area (Å²) in [5, 5.41) is 19.7. The van der Waals surface area contributed by atoms with E-state index in [9.17, 15) is 9.59 Å². The largest absolute Gasteiger partial charge is 0.477 e. The predicted octanol–water partition coefficient (Wildman–Crippen LogP) is 2.40. The summed E-state index contributed by atoms with van der Waals surface area (Å²) in [5.41, 5.74) is 8.09. The maximum absolute atomic E-state index is 12.7. The van der Waals surface area contributed by atoms with Gasteiger partial charge >= 0.3 is 5.97 Å². The van der Waals surface area contributed by atoms with Gasteiger partial charge in [0.15, 0.2) is 0 Å². The number of carboxylic acids is 1. The monoisotopic (exact) mass is 445 g/mol. The Morgan fingerprint density at radius 3 is 2.73 bits per heavy atom. The molecule has 10 nitrogen and oxygen atoms in total. The molecule has 10 heteroatoms. The van der Waals surface area contributed by atoms with Crippen LogP contribution >= 0.6 is 0 Å². The fourth-order valence-electron chi connectivity index (χ4n) is 4.37. The molecule has 1 saturated carbocycles. The first-order chi connectivity index (χ1) is 15.8. The van der Waals surface area contributed by atoms with Crippen molar-refractivity contribution in [3.05, 3.63) is 41.9 Å². The Balaban J connectivity index is 1.38. The summed E-state index contributed by atoms with van der Waals surface area (Å²) in [6.07, 6.45) is 5.86. The fourth-order valence-corrected chi connectivity index (χ4v) is 4.37. The van der Waals surface area contributed by atoms with Crippen molar-refractivity contribution < 1.29 is 14.7 Å². The van der Waals surface area contributed by atoms with Crippen molar-refractivity contribution in [2.24, 2.45) is 22.9 Å². The highest BCUT2D eigenvalue weighted by Crippen LogP contribution is 2.45. The zero-order chi connectivity index (χ0) is 23.3. The Hall–Kier alpha value is -4.08. The molecule has 0 radical (unpaired) electrons. The summed E-state index contributed by atoms with van der Waals surface area (Å²) >= 11 is 0. The molecule has 1 unspecified atom stereocenters. The van der Waals surface area contributed by atoms with Crippen LogP contribution in [0, 0.1) is 24.7 Å². The van der Waals surface area contributed by atoms with E-state index < -0.39 is 5.97 Å². The third kappa shape index (κ3) is 3.95. The van der Waals surface area contributed by atoms with E-state index in [1.54, 1.807) is 19.2 Å². The Morgan fingerprint density at radius 1 is 1.21 bits per heavy atom. The molecular formula is C23H23N7O3. The third-order valence-corrected chi connectivity index (χ3v) is 6.26. The van der Waals surface area contributed by atoms with Crippen LogP contribution in [-0.2, 0) is 4.79 Å². The molecule has 1 aliphatic heterocycles. The average molecular weight is 445 g/mol. The van der Waals surface area contributed by atoms with Crippen molar-refractivity contribution in [3.8, 4) is 11.3 Å². The summed E-state index contributed by atoms with van der Waals surface area (Å²) in [4.78, 5) is 36.7. The fraction of sp³-hybridized carbons (Fsp3) is 0.304. The Bertz CT molecular complexity index is 1320. The standard InChI is InChI=1S/C23H23N7O3/c1-11-3-19(23(32)33)25-8-16(11)18-4-12-5-20(26-9-17(12)21(24)28-18)29-22(31)15-6-14(15)13-7-27-30(2)10-13/h3-5,7-9,13-15H,6,10H2,1-2H3,(H2,24,28)(H,32,33)(H,26,29,31)/t13?,14-,15+/m1/s1. The van der Waals surface area contributed by atoms with E-state index >= 15 is 0 Å². The molecule has 0 aromatic carbocycles. The van der Waals surface area contributed by atoms with Gasteiger partial charge in [-0.3, -0.25) is 9.80 Å². The number of nitrogen functional groups attached to an aromatic ring is 1. The molecule has 3 aromatic heterocycles. The Kier molecular flexibility index (Phi) is 4.92. The first-order valence-electron chi connectivity index (χ1n) is 10.6. The van der Waals surface area contributed by atoms with Crippen LogP contribution in [0.2, 0.25) is 0 Å². The zero-order valence-corrected chi connectivity index (χ0v) is 18.2. The van der Waals surface area contributed by atoms with E-state index in [0.29, 0.717) is 40.1 Å². The maximum atomic E-state index is 12.7. The number of hydrogen-bond donors (Lipinski definition) is 3. The summed E-state index contributed by atoms with van der Waals surface area (Å²) in [6, 6.07) is 5.10. The molecule has 0 spiro atoms. The highest BCUT2D eigenvalue weighted by atomic mass is 16.4. The lowest BCUT2D eigenvalue weighted by atomic mass is 10.0. The van der Waals surface area contributed by atoms with Gasteiger partial charge in [0.2, 0.25) is 5.91 Å². The molecule has 168 valence electrons. The highest BCUT2D eigenvalue weighted by Gasteiger charge is 2.48. The number of fused-ring (bicyclic) bond motifs is 1. The number of carbonyl (C=O) groups is 2. The Labute approximate surface area is 189 Å². The molecule has 0 saturated heterocycles. The molecule has 4 heterocycles. The SMILES string of the molecule is Cc1cc(C(=O)O)ncc1-c1cc2cc(NC(=O)[C@H]3C[C@@H]3C3C=NN(C)C3)ncc2c(N)n1. The van der Waals surface area contributed by atoms with Gasteiger partial charge in [-0.1, -0.05) is 0 Å². The van der Waals surface area contributed by atoms with Crippen LogP contribution in [0.4, 0.5) is 11.6 Å². The van der Waals surface area contributed by atoms with Crippen molar-refractivity contribution in [2.45, 2.75) is 13.3 Å². The molecule has 5 rings (SSSR count). The lowest BCUT2D eigenvalue weighted by Gasteiger charge is -2.11. The normalized spacial score (nSPS) is 21.4. The van der Waals surface area contributed by atoms with Crippen LogP contribution in [0.15, 0.2) is 35.7 Å². The number of nitrogens with zero attached hydrogens (tertiary/aromatic N) is 5. The number of hydrogen-bond acceptors (Lipinski definition) is 8. The summed E-state index contributed by atoms with van der Waals surface area (Å²) < 4.78 is 0. The smallest absolute Gasteiger partial charge is 0.354 e. The number of carboxylic acid groups (broad SMARTS) is 1. The van der Waals surface area contributed by atoms with Crippen LogP contribution in [0.5, 0.6) is 0 Å². The first-order valence-corrected chi connectivity index (χ1v) is 10.6. The maximum Gasteiger partial charge on any atom is 0.354 e. The van der Waals surface area contributed by atoms with Crippen molar-refractivity contribution in [1.29, 1.82) is 0 Å². The Morgan fingerprint density at radius 2 is 2.03 bits per heavy atom. The molecule has 1 aliphatic carbocycles. The quantitative estimate of drug-likeness (QED) is 0.542. The van der Waals surface area contributed by atoms with Gasteiger partial charge in [-0.2, -0.15) is 5.10 Å². The molecule has 2 aliphatic rings. The molecule has 1 fully saturated rings. The second kappa shape index (κ2) is 7.80. The minimum absolute atomic E-state index is 0.0342. The summed E-state index contributed by atoms with van der Waals surface area (Å²) in [5.74, 6) is 0.200. The molecule has 3 atom stereocenters. The predicted molar refractivity (Wildman–Crippen MR) is 124 cm³/mol.